The number of nitrogens with one attached hydrogen (secondary N) is 2. The van der Waals surface area contributed by atoms with Gasteiger partial charge in [-0.05, 0) is 12.8 Å². The van der Waals surface area contributed by atoms with E-state index in [1.807, 2.05) is 0 Å². The molecule has 3 atom stereocenters. The molecule has 0 spiro atoms. The van der Waals surface area contributed by atoms with Crippen LogP contribution in [0.2, 0.25) is 5.02 Å². The zero-order valence-corrected chi connectivity index (χ0v) is 14.0. The third-order valence-corrected chi connectivity index (χ3v) is 4.42. The fourth-order valence-electron chi connectivity index (χ4n) is 2.90. The molecule has 1 fully saturated rings. The molecule has 124 valence electrons. The largest absolute Gasteiger partial charge is 0.393 e. The first-order valence-corrected chi connectivity index (χ1v) is 8.22. The highest BCUT2D eigenvalue weighted by Crippen LogP contribution is 2.37. The maximum Gasteiger partial charge on any atom is 0.222 e. The summed E-state index contributed by atoms with van der Waals surface area (Å²) in [5.41, 5.74) is 0. The van der Waals surface area contributed by atoms with Crippen LogP contribution in [-0.2, 0) is 0 Å². The number of H-pyrrole nitrogens is 1. The lowest BCUT2D eigenvalue weighted by Gasteiger charge is -2.14. The van der Waals surface area contributed by atoms with E-state index >= 15 is 0 Å². The van der Waals surface area contributed by atoms with Gasteiger partial charge in [0.05, 0.1) is 23.5 Å². The number of aromatic nitrogens is 5. The van der Waals surface area contributed by atoms with Crippen LogP contribution in [0.5, 0.6) is 0 Å². The summed E-state index contributed by atoms with van der Waals surface area (Å²) in [6.07, 6.45) is 4.28. The Morgan fingerprint density at radius 2 is 2.09 bits per heavy atom. The van der Waals surface area contributed by atoms with Crippen LogP contribution >= 0.6 is 11.6 Å². The summed E-state index contributed by atoms with van der Waals surface area (Å²) < 4.78 is 0. The van der Waals surface area contributed by atoms with Gasteiger partial charge in [-0.1, -0.05) is 25.4 Å². The third kappa shape index (κ3) is 3.79. The molecular formula is C15H21ClN6O. The number of rotatable bonds is 5. The summed E-state index contributed by atoms with van der Waals surface area (Å²) in [4.78, 5) is 12.8. The van der Waals surface area contributed by atoms with Gasteiger partial charge in [0.1, 0.15) is 5.82 Å². The second-order valence-electron chi connectivity index (χ2n) is 6.34. The van der Waals surface area contributed by atoms with Gasteiger partial charge in [-0.2, -0.15) is 5.10 Å². The van der Waals surface area contributed by atoms with Gasteiger partial charge in [0.25, 0.3) is 0 Å². The first-order valence-electron chi connectivity index (χ1n) is 7.84. The number of aliphatic hydroxyl groups excluding tert-OH is 1. The highest BCUT2D eigenvalue weighted by Gasteiger charge is 2.35. The molecule has 8 heteroatoms. The summed E-state index contributed by atoms with van der Waals surface area (Å²) >= 11 is 5.76. The molecule has 0 saturated heterocycles. The molecule has 23 heavy (non-hydrogen) atoms. The molecule has 0 aromatic carbocycles. The molecule has 7 nitrogen and oxygen atoms in total. The number of hydrogen-bond acceptors (Lipinski definition) is 6. The summed E-state index contributed by atoms with van der Waals surface area (Å²) in [6.45, 7) is 4.75. The molecule has 1 aliphatic carbocycles. The Morgan fingerprint density at radius 3 is 2.74 bits per heavy atom. The van der Waals surface area contributed by atoms with E-state index in [0.29, 0.717) is 29.9 Å². The van der Waals surface area contributed by atoms with Gasteiger partial charge < -0.3 is 10.4 Å². The van der Waals surface area contributed by atoms with Gasteiger partial charge in [-0.3, -0.25) is 5.10 Å². The fraction of sp³-hybridized carbons (Fsp3) is 0.600. The number of nitrogens with zero attached hydrogens (tertiary/aromatic N) is 4. The number of aromatic amines is 1. The van der Waals surface area contributed by atoms with Gasteiger partial charge in [0, 0.05) is 24.3 Å². The Labute approximate surface area is 139 Å². The van der Waals surface area contributed by atoms with E-state index in [1.54, 1.807) is 12.4 Å². The third-order valence-electron chi connectivity index (χ3n) is 4.22. The van der Waals surface area contributed by atoms with Crippen molar-refractivity contribution in [3.63, 3.8) is 0 Å². The molecule has 2 aromatic rings. The average Bonchev–Trinajstić information content (AvgIpc) is 3.14. The topological polar surface area (TPSA) is 99.6 Å². The van der Waals surface area contributed by atoms with Crippen molar-refractivity contribution in [3.05, 3.63) is 29.1 Å². The van der Waals surface area contributed by atoms with Gasteiger partial charge in [0.2, 0.25) is 5.95 Å². The molecular weight excluding hydrogens is 316 g/mol. The lowest BCUT2D eigenvalue weighted by atomic mass is 10.0. The van der Waals surface area contributed by atoms with E-state index < -0.39 is 0 Å². The highest BCUT2D eigenvalue weighted by molar-refractivity contribution is 6.30. The van der Waals surface area contributed by atoms with Crippen LogP contribution in [0.25, 0.3) is 0 Å². The Bertz CT molecular complexity index is 644. The minimum Gasteiger partial charge on any atom is -0.393 e. The second kappa shape index (κ2) is 6.80. The summed E-state index contributed by atoms with van der Waals surface area (Å²) in [6, 6.07) is 0. The lowest BCUT2D eigenvalue weighted by Crippen LogP contribution is -2.22. The fourth-order valence-corrected chi connectivity index (χ4v) is 3.00. The number of halogens is 1. The lowest BCUT2D eigenvalue weighted by molar-refractivity contribution is 0.137. The van der Waals surface area contributed by atoms with Crippen molar-refractivity contribution in [2.75, 3.05) is 11.9 Å². The average molecular weight is 337 g/mol. The predicted octanol–water partition coefficient (Wildman–Crippen LogP) is 2.34. The quantitative estimate of drug-likeness (QED) is 0.775. The number of anilines is 1. The van der Waals surface area contributed by atoms with Gasteiger partial charge >= 0.3 is 0 Å². The van der Waals surface area contributed by atoms with Crippen molar-refractivity contribution in [2.45, 2.75) is 44.6 Å². The summed E-state index contributed by atoms with van der Waals surface area (Å²) in [7, 11) is 0. The normalized spacial score (nSPS) is 24.3. The van der Waals surface area contributed by atoms with E-state index in [9.17, 15) is 5.11 Å². The molecule has 0 unspecified atom stereocenters. The first kappa shape index (κ1) is 16.1. The molecule has 0 bridgehead atoms. The van der Waals surface area contributed by atoms with Crippen LogP contribution in [0.15, 0.2) is 12.4 Å². The standard InChI is InChI=1S/C15H21ClN6O/c1-8(2)13-20-14(22-21-13)9-3-10(12(23)4-9)5-17-15-18-6-11(16)7-19-15/h6-10,12,23H,3-5H2,1-2H3,(H,17,18,19)(H,20,21,22)/t9-,10+,12+/m0/s1. The van der Waals surface area contributed by atoms with Crippen LogP contribution in [0.4, 0.5) is 5.95 Å². The predicted molar refractivity (Wildman–Crippen MR) is 87.5 cm³/mol. The van der Waals surface area contributed by atoms with Gasteiger partial charge in [-0.15, -0.1) is 0 Å². The minimum atomic E-state index is -0.368. The van der Waals surface area contributed by atoms with Crippen molar-refractivity contribution in [1.82, 2.24) is 25.1 Å². The zero-order chi connectivity index (χ0) is 16.4. The molecule has 1 aliphatic rings. The van der Waals surface area contributed by atoms with Gasteiger partial charge in [0.15, 0.2) is 5.82 Å². The Balaban J connectivity index is 1.58. The van der Waals surface area contributed by atoms with Crippen LogP contribution in [0.3, 0.4) is 0 Å². The van der Waals surface area contributed by atoms with E-state index in [4.69, 9.17) is 11.6 Å². The van der Waals surface area contributed by atoms with Crippen LogP contribution in [0, 0.1) is 5.92 Å². The SMILES string of the molecule is CC(C)c1n[nH]c([C@H]2C[C@H](CNc3ncc(Cl)cn3)[C@H](O)C2)n1. The van der Waals surface area contributed by atoms with E-state index in [-0.39, 0.29) is 17.9 Å². The van der Waals surface area contributed by atoms with Crippen molar-refractivity contribution < 1.29 is 5.11 Å². The second-order valence-corrected chi connectivity index (χ2v) is 6.77. The van der Waals surface area contributed by atoms with E-state index in [1.165, 1.54) is 0 Å². The summed E-state index contributed by atoms with van der Waals surface area (Å²) in [5, 5.41) is 21.2. The van der Waals surface area contributed by atoms with E-state index in [2.05, 4.69) is 44.3 Å². The molecule has 0 radical (unpaired) electrons. The molecule has 1 saturated carbocycles. The molecule has 3 N–H and O–H groups in total. The Hall–Kier alpha value is -1.73. The van der Waals surface area contributed by atoms with Crippen LogP contribution in [0.1, 0.15) is 50.2 Å². The van der Waals surface area contributed by atoms with E-state index in [0.717, 1.165) is 18.1 Å². The summed E-state index contributed by atoms with van der Waals surface area (Å²) in [5.74, 6) is 2.86. The van der Waals surface area contributed by atoms with Crippen molar-refractivity contribution in [1.29, 1.82) is 0 Å². The molecule has 0 aliphatic heterocycles. The van der Waals surface area contributed by atoms with Crippen molar-refractivity contribution in [3.8, 4) is 0 Å². The monoisotopic (exact) mass is 336 g/mol. The Morgan fingerprint density at radius 1 is 1.35 bits per heavy atom. The molecule has 3 rings (SSSR count). The highest BCUT2D eigenvalue weighted by atomic mass is 35.5. The number of aliphatic hydroxyl groups is 1. The molecule has 0 amide bonds. The first-order chi connectivity index (χ1) is 11.0. The van der Waals surface area contributed by atoms with Crippen molar-refractivity contribution >= 4 is 17.5 Å². The minimum absolute atomic E-state index is 0.131. The van der Waals surface area contributed by atoms with Gasteiger partial charge in [-0.25, -0.2) is 15.0 Å². The number of hydrogen-bond donors (Lipinski definition) is 3. The Kier molecular flexibility index (Phi) is 4.77. The zero-order valence-electron chi connectivity index (χ0n) is 13.2. The van der Waals surface area contributed by atoms with Crippen LogP contribution < -0.4 is 5.32 Å². The maximum absolute atomic E-state index is 10.3. The molecule has 2 heterocycles. The van der Waals surface area contributed by atoms with Crippen LogP contribution in [-0.4, -0.2) is 42.9 Å². The van der Waals surface area contributed by atoms with Crippen molar-refractivity contribution in [2.24, 2.45) is 5.92 Å². The molecule has 2 aromatic heterocycles. The smallest absolute Gasteiger partial charge is 0.222 e. The maximum atomic E-state index is 10.3.